The maximum atomic E-state index is 5.87. The van der Waals surface area contributed by atoms with E-state index in [1.807, 2.05) is 19.2 Å². The number of pyridine rings is 1. The lowest BCUT2D eigenvalue weighted by Crippen LogP contribution is -2.19. The van der Waals surface area contributed by atoms with Crippen LogP contribution in [0, 0.1) is 19.8 Å². The highest BCUT2D eigenvalue weighted by Gasteiger charge is 2.19. The van der Waals surface area contributed by atoms with Crippen molar-refractivity contribution < 1.29 is 4.74 Å². The van der Waals surface area contributed by atoms with Gasteiger partial charge in [0.1, 0.15) is 0 Å². The van der Waals surface area contributed by atoms with E-state index >= 15 is 0 Å². The second-order valence-corrected chi connectivity index (χ2v) is 6.21. The second kappa shape index (κ2) is 5.29. The maximum Gasteiger partial charge on any atom is 0.216 e. The highest BCUT2D eigenvalue weighted by Crippen LogP contribution is 2.31. The summed E-state index contributed by atoms with van der Waals surface area (Å²) in [5, 5.41) is 3.18. The molecule has 1 aliphatic carbocycles. The predicted octanol–water partition coefficient (Wildman–Crippen LogP) is 4.00. The lowest BCUT2D eigenvalue weighted by atomic mass is 9.86. The topological polar surface area (TPSA) is 35.0 Å². The van der Waals surface area contributed by atoms with Gasteiger partial charge in [-0.05, 0) is 38.7 Å². The molecule has 0 amide bonds. The first-order valence-corrected chi connectivity index (χ1v) is 7.63. The summed E-state index contributed by atoms with van der Waals surface area (Å²) in [6.45, 7) is 4.89. The fraction of sp³-hybridized carbons (Fsp3) is 0.467. The zero-order valence-corrected chi connectivity index (χ0v) is 12.2. The molecular formula is C15H18N2OS. The smallest absolute Gasteiger partial charge is 0.216 e. The number of rotatable bonds is 4. The first kappa shape index (κ1) is 12.6. The first-order chi connectivity index (χ1) is 9.24. The average molecular weight is 274 g/mol. The zero-order chi connectivity index (χ0) is 13.2. The highest BCUT2D eigenvalue weighted by atomic mass is 32.1. The van der Waals surface area contributed by atoms with E-state index in [-0.39, 0.29) is 0 Å². The number of hydrogen-bond acceptors (Lipinski definition) is 4. The monoisotopic (exact) mass is 274 g/mol. The van der Waals surface area contributed by atoms with Crippen LogP contribution in [0.3, 0.4) is 0 Å². The van der Waals surface area contributed by atoms with E-state index in [0.717, 1.165) is 40.2 Å². The molecule has 0 saturated heterocycles. The van der Waals surface area contributed by atoms with Crippen LogP contribution in [0.15, 0.2) is 17.6 Å². The fourth-order valence-electron chi connectivity index (χ4n) is 2.28. The molecule has 1 fully saturated rings. The third-order valence-corrected chi connectivity index (χ3v) is 4.51. The lowest BCUT2D eigenvalue weighted by Gasteiger charge is -2.25. The normalized spacial score (nSPS) is 15.3. The van der Waals surface area contributed by atoms with Crippen LogP contribution in [0.25, 0.3) is 11.3 Å². The average Bonchev–Trinajstić information content (AvgIpc) is 2.76. The van der Waals surface area contributed by atoms with Gasteiger partial charge in [-0.25, -0.2) is 9.97 Å². The summed E-state index contributed by atoms with van der Waals surface area (Å²) in [6, 6.07) is 2.01. The Morgan fingerprint density at radius 3 is 2.84 bits per heavy atom. The molecular weight excluding hydrogens is 256 g/mol. The Morgan fingerprint density at radius 2 is 2.21 bits per heavy atom. The van der Waals surface area contributed by atoms with Gasteiger partial charge in [-0.3, -0.25) is 0 Å². The first-order valence-electron chi connectivity index (χ1n) is 6.75. The third kappa shape index (κ3) is 2.63. The molecule has 0 N–H and O–H groups in total. The van der Waals surface area contributed by atoms with Gasteiger partial charge in [0.2, 0.25) is 5.88 Å². The Morgan fingerprint density at radius 1 is 1.37 bits per heavy atom. The van der Waals surface area contributed by atoms with Crippen molar-refractivity contribution in [2.24, 2.45) is 5.92 Å². The Hall–Kier alpha value is -1.42. The third-order valence-electron chi connectivity index (χ3n) is 3.73. The molecule has 19 heavy (non-hydrogen) atoms. The standard InChI is InChI=1S/C15H18N2OS/c1-10-13(14-9-19-11(2)17-14)6-7-16-15(10)18-8-12-4-3-5-12/h6-7,9,12H,3-5,8H2,1-2H3. The number of hydrogen-bond donors (Lipinski definition) is 0. The summed E-state index contributed by atoms with van der Waals surface area (Å²) >= 11 is 1.67. The van der Waals surface area contributed by atoms with Gasteiger partial charge in [0, 0.05) is 22.7 Å². The molecule has 0 radical (unpaired) electrons. The van der Waals surface area contributed by atoms with Crippen LogP contribution in [0.5, 0.6) is 5.88 Å². The number of aromatic nitrogens is 2. The van der Waals surface area contributed by atoms with E-state index in [1.165, 1.54) is 19.3 Å². The highest BCUT2D eigenvalue weighted by molar-refractivity contribution is 7.09. The number of ether oxygens (including phenoxy) is 1. The van der Waals surface area contributed by atoms with Crippen LogP contribution >= 0.6 is 11.3 Å². The van der Waals surface area contributed by atoms with E-state index in [9.17, 15) is 0 Å². The molecule has 1 saturated carbocycles. The van der Waals surface area contributed by atoms with Gasteiger partial charge < -0.3 is 4.74 Å². The second-order valence-electron chi connectivity index (χ2n) is 5.15. The van der Waals surface area contributed by atoms with Crippen LogP contribution in [-0.2, 0) is 0 Å². The van der Waals surface area contributed by atoms with Crippen molar-refractivity contribution in [3.8, 4) is 17.1 Å². The Bertz CT molecular complexity index is 575. The van der Waals surface area contributed by atoms with Gasteiger partial charge in [0.05, 0.1) is 17.3 Å². The van der Waals surface area contributed by atoms with E-state index in [2.05, 4.69) is 22.3 Å². The van der Waals surface area contributed by atoms with Crippen molar-refractivity contribution in [3.63, 3.8) is 0 Å². The van der Waals surface area contributed by atoms with Gasteiger partial charge in [-0.2, -0.15) is 0 Å². The molecule has 3 rings (SSSR count). The molecule has 2 heterocycles. The molecule has 1 aliphatic rings. The molecule has 0 atom stereocenters. The Balaban J connectivity index is 1.81. The molecule has 0 aliphatic heterocycles. The predicted molar refractivity (Wildman–Crippen MR) is 77.7 cm³/mol. The van der Waals surface area contributed by atoms with Crippen molar-refractivity contribution in [1.29, 1.82) is 0 Å². The van der Waals surface area contributed by atoms with Crippen molar-refractivity contribution >= 4 is 11.3 Å². The van der Waals surface area contributed by atoms with Gasteiger partial charge >= 0.3 is 0 Å². The molecule has 0 unspecified atom stereocenters. The number of thiazole rings is 1. The summed E-state index contributed by atoms with van der Waals surface area (Å²) in [4.78, 5) is 8.90. The fourth-order valence-corrected chi connectivity index (χ4v) is 2.90. The van der Waals surface area contributed by atoms with Gasteiger partial charge in [-0.1, -0.05) is 6.42 Å². The van der Waals surface area contributed by atoms with Gasteiger partial charge in [0.15, 0.2) is 0 Å². The van der Waals surface area contributed by atoms with Gasteiger partial charge in [0.25, 0.3) is 0 Å². The van der Waals surface area contributed by atoms with E-state index < -0.39 is 0 Å². The van der Waals surface area contributed by atoms with Gasteiger partial charge in [-0.15, -0.1) is 11.3 Å². The molecule has 100 valence electrons. The van der Waals surface area contributed by atoms with Crippen LogP contribution in [-0.4, -0.2) is 16.6 Å². The molecule has 3 nitrogen and oxygen atoms in total. The van der Waals surface area contributed by atoms with Crippen molar-refractivity contribution in [1.82, 2.24) is 9.97 Å². The molecule has 0 bridgehead atoms. The molecule has 0 spiro atoms. The quantitative estimate of drug-likeness (QED) is 0.845. The summed E-state index contributed by atoms with van der Waals surface area (Å²) in [5.74, 6) is 1.49. The van der Waals surface area contributed by atoms with Crippen LogP contribution < -0.4 is 4.74 Å². The Kier molecular flexibility index (Phi) is 3.51. The van der Waals surface area contributed by atoms with Crippen molar-refractivity contribution in [3.05, 3.63) is 28.2 Å². The molecule has 2 aromatic rings. The SMILES string of the molecule is Cc1nc(-c2ccnc(OCC3CCC3)c2C)cs1. The Labute approximate surface area is 117 Å². The zero-order valence-electron chi connectivity index (χ0n) is 11.3. The summed E-state index contributed by atoms with van der Waals surface area (Å²) in [6.07, 6.45) is 5.75. The van der Waals surface area contributed by atoms with Crippen LogP contribution in [0.1, 0.15) is 29.8 Å². The molecule has 0 aromatic carbocycles. The van der Waals surface area contributed by atoms with E-state index in [0.29, 0.717) is 0 Å². The molecule has 4 heteroatoms. The largest absolute Gasteiger partial charge is 0.477 e. The number of nitrogens with zero attached hydrogens (tertiary/aromatic N) is 2. The summed E-state index contributed by atoms with van der Waals surface area (Å²) < 4.78 is 5.87. The number of aryl methyl sites for hydroxylation is 1. The molecule has 2 aromatic heterocycles. The van der Waals surface area contributed by atoms with E-state index in [4.69, 9.17) is 4.74 Å². The van der Waals surface area contributed by atoms with Crippen LogP contribution in [0.2, 0.25) is 0 Å². The summed E-state index contributed by atoms with van der Waals surface area (Å²) in [7, 11) is 0. The van der Waals surface area contributed by atoms with Crippen LogP contribution in [0.4, 0.5) is 0 Å². The van der Waals surface area contributed by atoms with Crippen molar-refractivity contribution in [2.45, 2.75) is 33.1 Å². The van der Waals surface area contributed by atoms with E-state index in [1.54, 1.807) is 11.3 Å². The summed E-state index contributed by atoms with van der Waals surface area (Å²) in [5.41, 5.74) is 3.24. The minimum atomic E-state index is 0.728. The van der Waals surface area contributed by atoms with Crippen molar-refractivity contribution in [2.75, 3.05) is 6.61 Å². The lowest BCUT2D eigenvalue weighted by molar-refractivity contribution is 0.175. The minimum Gasteiger partial charge on any atom is -0.477 e. The maximum absolute atomic E-state index is 5.87. The minimum absolute atomic E-state index is 0.728.